The van der Waals surface area contributed by atoms with Gasteiger partial charge in [0.1, 0.15) is 0 Å². The van der Waals surface area contributed by atoms with Gasteiger partial charge < -0.3 is 9.84 Å². The van der Waals surface area contributed by atoms with Crippen molar-refractivity contribution in [3.05, 3.63) is 20.9 Å². The normalized spacial score (nSPS) is 11.4. The number of aryl methyl sites for hydroxylation is 1. The van der Waals surface area contributed by atoms with Crippen LogP contribution in [-0.2, 0) is 11.2 Å². The first kappa shape index (κ1) is 14.0. The number of hydrogen-bond donors (Lipinski definition) is 1. The van der Waals surface area contributed by atoms with E-state index in [-0.39, 0.29) is 15.6 Å². The molecule has 0 saturated carbocycles. The first-order valence-corrected chi connectivity index (χ1v) is 5.40. The first-order chi connectivity index (χ1) is 7.70. The molecule has 1 aromatic heterocycles. The number of ether oxygens (including phenoxy) is 1. The van der Waals surface area contributed by atoms with E-state index in [1.165, 1.54) is 0 Å². The third-order valence-electron chi connectivity index (χ3n) is 1.84. The number of pyridine rings is 1. The summed E-state index contributed by atoms with van der Waals surface area (Å²) >= 11 is 1.59. The average molecular weight is 361 g/mol. The second kappa shape index (κ2) is 5.07. The SMILES string of the molecule is Cc1cnc(OC(F)(F)F)c(I)c1CC(=O)O. The van der Waals surface area contributed by atoms with Crippen LogP contribution >= 0.6 is 22.6 Å². The van der Waals surface area contributed by atoms with Gasteiger partial charge in [0.05, 0.1) is 9.99 Å². The second-order valence-corrected chi connectivity index (χ2v) is 4.24. The number of carboxylic acid groups (broad SMARTS) is 1. The minimum Gasteiger partial charge on any atom is -0.481 e. The van der Waals surface area contributed by atoms with Gasteiger partial charge in [-0.05, 0) is 40.6 Å². The molecule has 0 unspecified atom stereocenters. The van der Waals surface area contributed by atoms with Crippen molar-refractivity contribution in [1.29, 1.82) is 0 Å². The number of nitrogens with zero attached hydrogens (tertiary/aromatic N) is 1. The molecule has 1 rings (SSSR count). The summed E-state index contributed by atoms with van der Waals surface area (Å²) in [5.41, 5.74) is 0.777. The van der Waals surface area contributed by atoms with E-state index < -0.39 is 18.2 Å². The van der Waals surface area contributed by atoms with Crippen molar-refractivity contribution < 1.29 is 27.8 Å². The summed E-state index contributed by atoms with van der Waals surface area (Å²) in [6, 6.07) is 0. The molecule has 0 aliphatic heterocycles. The lowest BCUT2D eigenvalue weighted by atomic mass is 10.1. The Hall–Kier alpha value is -1.06. The van der Waals surface area contributed by atoms with Gasteiger partial charge in [-0.1, -0.05) is 0 Å². The minimum absolute atomic E-state index is 0.0577. The summed E-state index contributed by atoms with van der Waals surface area (Å²) in [5, 5.41) is 8.65. The third-order valence-corrected chi connectivity index (χ3v) is 2.96. The van der Waals surface area contributed by atoms with Crippen LogP contribution < -0.4 is 4.74 Å². The highest BCUT2D eigenvalue weighted by Gasteiger charge is 2.33. The number of rotatable bonds is 3. The Bertz CT molecular complexity index is 448. The van der Waals surface area contributed by atoms with Gasteiger partial charge in [-0.25, -0.2) is 4.98 Å². The van der Waals surface area contributed by atoms with E-state index in [2.05, 4.69) is 9.72 Å². The standard InChI is InChI=1S/C9H7F3INO3/c1-4-3-14-8(17-9(10,11)12)7(13)5(4)2-6(15)16/h3H,2H2,1H3,(H,15,16). The topological polar surface area (TPSA) is 59.4 Å². The molecule has 0 bridgehead atoms. The molecular weight excluding hydrogens is 354 g/mol. The van der Waals surface area contributed by atoms with Crippen molar-refractivity contribution in [1.82, 2.24) is 4.98 Å². The maximum absolute atomic E-state index is 12.0. The smallest absolute Gasteiger partial charge is 0.481 e. The molecule has 0 aliphatic carbocycles. The highest BCUT2D eigenvalue weighted by Crippen LogP contribution is 2.29. The van der Waals surface area contributed by atoms with Crippen LogP contribution in [0.5, 0.6) is 5.88 Å². The summed E-state index contributed by atoms with van der Waals surface area (Å²) in [5.74, 6) is -1.75. The molecule has 1 aromatic rings. The molecule has 94 valence electrons. The van der Waals surface area contributed by atoms with Crippen molar-refractivity contribution in [2.75, 3.05) is 0 Å². The molecule has 0 saturated heterocycles. The summed E-state index contributed by atoms with van der Waals surface area (Å²) in [6.07, 6.45) is -4.06. The molecule has 0 atom stereocenters. The average Bonchev–Trinajstić information content (AvgIpc) is 2.15. The Balaban J connectivity index is 3.14. The quantitative estimate of drug-likeness (QED) is 0.841. The number of halogens is 4. The zero-order chi connectivity index (χ0) is 13.2. The van der Waals surface area contributed by atoms with Crippen LogP contribution in [0.3, 0.4) is 0 Å². The van der Waals surface area contributed by atoms with Crippen LogP contribution in [0.4, 0.5) is 13.2 Å². The summed E-state index contributed by atoms with van der Waals surface area (Å²) in [7, 11) is 0. The summed E-state index contributed by atoms with van der Waals surface area (Å²) in [6.45, 7) is 1.57. The van der Waals surface area contributed by atoms with Crippen molar-refractivity contribution in [2.24, 2.45) is 0 Å². The maximum atomic E-state index is 12.0. The highest BCUT2D eigenvalue weighted by molar-refractivity contribution is 14.1. The number of aromatic nitrogens is 1. The third kappa shape index (κ3) is 4.02. The molecule has 0 aromatic carbocycles. The molecule has 0 radical (unpaired) electrons. The fraction of sp³-hybridized carbons (Fsp3) is 0.333. The minimum atomic E-state index is -4.84. The van der Waals surface area contributed by atoms with Crippen molar-refractivity contribution >= 4 is 28.6 Å². The van der Waals surface area contributed by atoms with Gasteiger partial charge in [-0.2, -0.15) is 0 Å². The lowest BCUT2D eigenvalue weighted by Crippen LogP contribution is -2.19. The monoisotopic (exact) mass is 361 g/mol. The molecule has 0 fully saturated rings. The Kier molecular flexibility index (Phi) is 4.17. The van der Waals surface area contributed by atoms with E-state index in [0.717, 1.165) is 6.20 Å². The Morgan fingerprint density at radius 3 is 2.65 bits per heavy atom. The summed E-state index contributed by atoms with van der Waals surface area (Å²) < 4.78 is 39.9. The zero-order valence-electron chi connectivity index (χ0n) is 8.51. The molecule has 17 heavy (non-hydrogen) atoms. The predicted molar refractivity (Wildman–Crippen MR) is 59.7 cm³/mol. The van der Waals surface area contributed by atoms with Gasteiger partial charge in [0.25, 0.3) is 0 Å². The van der Waals surface area contributed by atoms with Crippen molar-refractivity contribution in [3.63, 3.8) is 0 Å². The Morgan fingerprint density at radius 1 is 1.59 bits per heavy atom. The number of carboxylic acids is 1. The van der Waals surface area contributed by atoms with E-state index in [9.17, 15) is 18.0 Å². The van der Waals surface area contributed by atoms with E-state index in [4.69, 9.17) is 5.11 Å². The van der Waals surface area contributed by atoms with Crippen LogP contribution in [0.2, 0.25) is 0 Å². The van der Waals surface area contributed by atoms with Gasteiger partial charge in [0, 0.05) is 6.20 Å². The van der Waals surface area contributed by atoms with Crippen LogP contribution in [0, 0.1) is 10.5 Å². The molecule has 0 aliphatic rings. The maximum Gasteiger partial charge on any atom is 0.574 e. The fourth-order valence-corrected chi connectivity index (χ4v) is 2.01. The Labute approximate surface area is 108 Å². The zero-order valence-corrected chi connectivity index (χ0v) is 10.7. The largest absolute Gasteiger partial charge is 0.574 e. The first-order valence-electron chi connectivity index (χ1n) is 4.32. The van der Waals surface area contributed by atoms with Crippen molar-refractivity contribution in [2.45, 2.75) is 19.7 Å². The molecular formula is C9H7F3INO3. The van der Waals surface area contributed by atoms with Gasteiger partial charge in [0.15, 0.2) is 0 Å². The number of alkyl halides is 3. The molecule has 0 amide bonds. The lowest BCUT2D eigenvalue weighted by Gasteiger charge is -2.13. The van der Waals surface area contributed by atoms with Gasteiger partial charge in [-0.15, -0.1) is 13.2 Å². The molecule has 8 heteroatoms. The molecule has 1 N–H and O–H groups in total. The highest BCUT2D eigenvalue weighted by atomic mass is 127. The van der Waals surface area contributed by atoms with Gasteiger partial charge >= 0.3 is 12.3 Å². The van der Waals surface area contributed by atoms with E-state index in [1.54, 1.807) is 29.5 Å². The second-order valence-electron chi connectivity index (χ2n) is 3.16. The summed E-state index contributed by atoms with van der Waals surface area (Å²) in [4.78, 5) is 14.1. The number of aliphatic carboxylic acids is 1. The van der Waals surface area contributed by atoms with Crippen LogP contribution in [0.1, 0.15) is 11.1 Å². The lowest BCUT2D eigenvalue weighted by molar-refractivity contribution is -0.276. The van der Waals surface area contributed by atoms with E-state index in [1.807, 2.05) is 0 Å². The molecule has 4 nitrogen and oxygen atoms in total. The fourth-order valence-electron chi connectivity index (χ4n) is 1.14. The van der Waals surface area contributed by atoms with E-state index >= 15 is 0 Å². The van der Waals surface area contributed by atoms with Gasteiger partial charge in [0.2, 0.25) is 5.88 Å². The Morgan fingerprint density at radius 2 is 2.18 bits per heavy atom. The molecule has 1 heterocycles. The van der Waals surface area contributed by atoms with Crippen molar-refractivity contribution in [3.8, 4) is 5.88 Å². The predicted octanol–water partition coefficient (Wildman–Crippen LogP) is 2.52. The van der Waals surface area contributed by atoms with Crippen LogP contribution in [-0.4, -0.2) is 22.4 Å². The molecule has 0 spiro atoms. The van der Waals surface area contributed by atoms with E-state index in [0.29, 0.717) is 5.56 Å². The number of carbonyl (C=O) groups is 1. The number of hydrogen-bond acceptors (Lipinski definition) is 3. The van der Waals surface area contributed by atoms with Gasteiger partial charge in [-0.3, -0.25) is 4.79 Å². The van der Waals surface area contributed by atoms with Crippen LogP contribution in [0.15, 0.2) is 6.20 Å². The van der Waals surface area contributed by atoms with Crippen LogP contribution in [0.25, 0.3) is 0 Å².